The van der Waals surface area contributed by atoms with E-state index in [0.29, 0.717) is 19.4 Å². The first-order valence-corrected chi connectivity index (χ1v) is 10.1. The maximum atomic E-state index is 13.3. The summed E-state index contributed by atoms with van der Waals surface area (Å²) in [4.78, 5) is 17.3. The number of nitrogens with one attached hydrogen (secondary N) is 1. The van der Waals surface area contributed by atoms with Crippen molar-refractivity contribution in [1.29, 1.82) is 0 Å². The molecule has 1 amide bonds. The number of imidazole rings is 1. The minimum absolute atomic E-state index is 0.00765. The van der Waals surface area contributed by atoms with Crippen LogP contribution in [0, 0.1) is 5.82 Å². The Morgan fingerprint density at radius 1 is 0.967 bits per heavy atom. The molecule has 0 aliphatic rings. The molecule has 4 aromatic rings. The van der Waals surface area contributed by atoms with Gasteiger partial charge in [0.15, 0.2) is 0 Å². The van der Waals surface area contributed by atoms with Crippen molar-refractivity contribution in [3.63, 3.8) is 0 Å². The van der Waals surface area contributed by atoms with E-state index < -0.39 is 0 Å². The normalized spacial score (nSPS) is 12.1. The number of hydrogen-bond acceptors (Lipinski definition) is 2. The van der Waals surface area contributed by atoms with Gasteiger partial charge in [0.1, 0.15) is 11.6 Å². The lowest BCUT2D eigenvalue weighted by atomic mass is 10.1. The zero-order chi connectivity index (χ0) is 20.9. The van der Waals surface area contributed by atoms with Crippen molar-refractivity contribution in [2.24, 2.45) is 0 Å². The molecule has 4 rings (SSSR count). The van der Waals surface area contributed by atoms with E-state index in [1.54, 1.807) is 12.1 Å². The van der Waals surface area contributed by atoms with Crippen molar-refractivity contribution in [2.75, 3.05) is 0 Å². The Morgan fingerprint density at radius 3 is 2.43 bits per heavy atom. The molecule has 1 atom stereocenters. The van der Waals surface area contributed by atoms with Crippen molar-refractivity contribution in [2.45, 2.75) is 32.4 Å². The van der Waals surface area contributed by atoms with Gasteiger partial charge in [-0.05, 0) is 48.7 Å². The molecule has 0 bridgehead atoms. The number of halogens is 1. The van der Waals surface area contributed by atoms with Crippen molar-refractivity contribution < 1.29 is 9.18 Å². The fraction of sp³-hybridized carbons (Fsp3) is 0.200. The molecule has 30 heavy (non-hydrogen) atoms. The number of carbonyl (C=O) groups is 1. The summed E-state index contributed by atoms with van der Waals surface area (Å²) < 4.78 is 15.4. The van der Waals surface area contributed by atoms with E-state index in [4.69, 9.17) is 4.98 Å². The summed E-state index contributed by atoms with van der Waals surface area (Å²) in [6, 6.07) is 24.1. The van der Waals surface area contributed by atoms with Gasteiger partial charge in [-0.25, -0.2) is 9.37 Å². The van der Waals surface area contributed by atoms with Crippen LogP contribution in [-0.4, -0.2) is 15.5 Å². The molecule has 1 heterocycles. The summed E-state index contributed by atoms with van der Waals surface area (Å²) in [6.07, 6.45) is 1.12. The minimum Gasteiger partial charge on any atom is -0.346 e. The van der Waals surface area contributed by atoms with Crippen LogP contribution in [0.4, 0.5) is 4.39 Å². The standard InChI is InChI=1S/C25H24FN3O/c1-18(27-24(30)16-13-19-7-3-2-4-8-19)25-28-22-9-5-6-10-23(22)29(25)17-20-11-14-21(26)15-12-20/h2-12,14-15,18H,13,16-17H2,1H3,(H,27,30). The Balaban J connectivity index is 1.53. The zero-order valence-corrected chi connectivity index (χ0v) is 16.9. The Labute approximate surface area is 175 Å². The topological polar surface area (TPSA) is 46.9 Å². The van der Waals surface area contributed by atoms with Gasteiger partial charge in [0.25, 0.3) is 0 Å². The van der Waals surface area contributed by atoms with E-state index in [1.807, 2.05) is 61.5 Å². The summed E-state index contributed by atoms with van der Waals surface area (Å²) in [5.74, 6) is 0.522. The molecule has 1 N–H and O–H groups in total. The van der Waals surface area contributed by atoms with Crippen LogP contribution in [-0.2, 0) is 17.8 Å². The Morgan fingerprint density at radius 2 is 1.67 bits per heavy atom. The van der Waals surface area contributed by atoms with Crippen LogP contribution in [0.25, 0.3) is 11.0 Å². The lowest BCUT2D eigenvalue weighted by Gasteiger charge is -2.17. The van der Waals surface area contributed by atoms with Crippen LogP contribution in [0.15, 0.2) is 78.9 Å². The predicted octanol–water partition coefficient (Wildman–Crippen LogP) is 5.03. The SMILES string of the molecule is CC(NC(=O)CCc1ccccc1)c1nc2ccccc2n1Cc1ccc(F)cc1. The summed E-state index contributed by atoms with van der Waals surface area (Å²) in [5.41, 5.74) is 3.98. The molecule has 0 aliphatic carbocycles. The molecule has 0 saturated heterocycles. The zero-order valence-electron chi connectivity index (χ0n) is 16.9. The first-order valence-electron chi connectivity index (χ1n) is 10.1. The van der Waals surface area contributed by atoms with Crippen LogP contribution in [0.1, 0.15) is 36.3 Å². The second kappa shape index (κ2) is 8.91. The summed E-state index contributed by atoms with van der Waals surface area (Å²) in [5, 5.41) is 3.08. The van der Waals surface area contributed by atoms with Crippen LogP contribution >= 0.6 is 0 Å². The highest BCUT2D eigenvalue weighted by Gasteiger charge is 2.18. The summed E-state index contributed by atoms with van der Waals surface area (Å²) in [7, 11) is 0. The van der Waals surface area contributed by atoms with E-state index in [9.17, 15) is 9.18 Å². The highest BCUT2D eigenvalue weighted by atomic mass is 19.1. The number of fused-ring (bicyclic) bond motifs is 1. The average Bonchev–Trinajstić information content (AvgIpc) is 3.13. The molecule has 0 fully saturated rings. The van der Waals surface area contributed by atoms with E-state index in [1.165, 1.54) is 12.1 Å². The third-order valence-electron chi connectivity index (χ3n) is 5.19. The van der Waals surface area contributed by atoms with Gasteiger partial charge in [-0.15, -0.1) is 0 Å². The van der Waals surface area contributed by atoms with Crippen LogP contribution in [0.3, 0.4) is 0 Å². The van der Waals surface area contributed by atoms with Gasteiger partial charge in [0.2, 0.25) is 5.91 Å². The largest absolute Gasteiger partial charge is 0.346 e. The quantitative estimate of drug-likeness (QED) is 0.472. The molecule has 1 unspecified atom stereocenters. The Hall–Kier alpha value is -3.47. The lowest BCUT2D eigenvalue weighted by molar-refractivity contribution is -0.121. The molecule has 152 valence electrons. The smallest absolute Gasteiger partial charge is 0.220 e. The third kappa shape index (κ3) is 4.57. The maximum absolute atomic E-state index is 13.3. The molecule has 3 aromatic carbocycles. The van der Waals surface area contributed by atoms with Gasteiger partial charge < -0.3 is 9.88 Å². The van der Waals surface area contributed by atoms with Gasteiger partial charge >= 0.3 is 0 Å². The number of rotatable bonds is 7. The number of hydrogen-bond donors (Lipinski definition) is 1. The number of nitrogens with zero attached hydrogens (tertiary/aromatic N) is 2. The van der Waals surface area contributed by atoms with Crippen molar-refractivity contribution in [3.05, 3.63) is 102 Å². The van der Waals surface area contributed by atoms with Gasteiger partial charge in [-0.1, -0.05) is 54.6 Å². The van der Waals surface area contributed by atoms with Crippen LogP contribution in [0.5, 0.6) is 0 Å². The van der Waals surface area contributed by atoms with E-state index >= 15 is 0 Å². The summed E-state index contributed by atoms with van der Waals surface area (Å²) >= 11 is 0. The molecule has 0 spiro atoms. The highest BCUT2D eigenvalue weighted by molar-refractivity contribution is 5.78. The van der Waals surface area contributed by atoms with Gasteiger partial charge in [0.05, 0.1) is 17.1 Å². The molecule has 5 heteroatoms. The number of amides is 1. The van der Waals surface area contributed by atoms with Crippen LogP contribution in [0.2, 0.25) is 0 Å². The molecule has 0 aliphatic heterocycles. The number of aryl methyl sites for hydroxylation is 1. The summed E-state index contributed by atoms with van der Waals surface area (Å²) in [6.45, 7) is 2.50. The second-order valence-corrected chi connectivity index (χ2v) is 7.45. The van der Waals surface area contributed by atoms with Crippen molar-refractivity contribution in [3.8, 4) is 0 Å². The first kappa shape index (κ1) is 19.8. The van der Waals surface area contributed by atoms with Crippen molar-refractivity contribution in [1.82, 2.24) is 14.9 Å². The van der Waals surface area contributed by atoms with Crippen LogP contribution < -0.4 is 5.32 Å². The molecule has 0 saturated carbocycles. The van der Waals surface area contributed by atoms with E-state index in [-0.39, 0.29) is 17.8 Å². The molecular weight excluding hydrogens is 377 g/mol. The monoisotopic (exact) mass is 401 g/mol. The van der Waals surface area contributed by atoms with Gasteiger partial charge in [-0.2, -0.15) is 0 Å². The molecule has 0 radical (unpaired) electrons. The Kier molecular flexibility index (Phi) is 5.89. The minimum atomic E-state index is -0.256. The highest BCUT2D eigenvalue weighted by Crippen LogP contribution is 2.22. The third-order valence-corrected chi connectivity index (χ3v) is 5.19. The number of carbonyl (C=O) groups excluding carboxylic acids is 1. The first-order chi connectivity index (χ1) is 14.6. The van der Waals surface area contributed by atoms with Gasteiger partial charge in [0, 0.05) is 13.0 Å². The number of benzene rings is 3. The molecule has 1 aromatic heterocycles. The Bertz CT molecular complexity index is 1140. The second-order valence-electron chi connectivity index (χ2n) is 7.45. The lowest BCUT2D eigenvalue weighted by Crippen LogP contribution is -2.29. The molecule has 4 nitrogen and oxygen atoms in total. The fourth-order valence-electron chi connectivity index (χ4n) is 3.64. The predicted molar refractivity (Wildman–Crippen MR) is 117 cm³/mol. The maximum Gasteiger partial charge on any atom is 0.220 e. The van der Waals surface area contributed by atoms with Gasteiger partial charge in [-0.3, -0.25) is 4.79 Å². The van der Waals surface area contributed by atoms with E-state index in [0.717, 1.165) is 28.0 Å². The van der Waals surface area contributed by atoms with Crippen molar-refractivity contribution >= 4 is 16.9 Å². The molecular formula is C25H24FN3O. The number of para-hydroxylation sites is 2. The fourth-order valence-corrected chi connectivity index (χ4v) is 3.64. The van der Waals surface area contributed by atoms with E-state index in [2.05, 4.69) is 9.88 Å². The number of aromatic nitrogens is 2. The average molecular weight is 401 g/mol.